The Morgan fingerprint density at radius 2 is 0.839 bits per heavy atom. The molecule has 0 radical (unpaired) electrons. The van der Waals surface area contributed by atoms with Crippen LogP contribution in [0.1, 0.15) is 0 Å². The number of pyridine rings is 2. The highest BCUT2D eigenvalue weighted by atomic mass is 15.1. The molecule has 11 aromatic rings. The van der Waals surface area contributed by atoms with Crippen molar-refractivity contribution >= 4 is 43.6 Å². The van der Waals surface area contributed by atoms with E-state index in [4.69, 9.17) is 9.97 Å². The van der Waals surface area contributed by atoms with Gasteiger partial charge in [-0.25, -0.2) is 9.97 Å². The van der Waals surface area contributed by atoms with Gasteiger partial charge in [-0.15, -0.1) is 0 Å². The summed E-state index contributed by atoms with van der Waals surface area (Å²) in [5.41, 5.74) is 13.0. The van der Waals surface area contributed by atoms with Crippen molar-refractivity contribution in [3.8, 4) is 56.4 Å². The maximum atomic E-state index is 5.42. The summed E-state index contributed by atoms with van der Waals surface area (Å²) in [6.07, 6.45) is 0. The zero-order valence-electron chi connectivity index (χ0n) is 30.4. The average molecular weight is 715 g/mol. The molecule has 56 heavy (non-hydrogen) atoms. The van der Waals surface area contributed by atoms with Gasteiger partial charge in [-0.05, 0) is 59.2 Å². The van der Waals surface area contributed by atoms with Crippen LogP contribution in [0.3, 0.4) is 0 Å². The number of hydrogen-bond donors (Lipinski definition) is 0. The van der Waals surface area contributed by atoms with Crippen LogP contribution in [0.25, 0.3) is 100 Å². The van der Waals surface area contributed by atoms with Crippen molar-refractivity contribution in [3.05, 3.63) is 206 Å². The number of hydrogen-bond acceptors (Lipinski definition) is 2. The van der Waals surface area contributed by atoms with E-state index in [0.29, 0.717) is 0 Å². The second-order valence-electron chi connectivity index (χ2n) is 14.2. The average Bonchev–Trinajstić information content (AvgIpc) is 3.80. The number of aromatic nitrogens is 4. The van der Waals surface area contributed by atoms with E-state index in [-0.39, 0.29) is 0 Å². The zero-order chi connectivity index (χ0) is 37.0. The van der Waals surface area contributed by atoms with Gasteiger partial charge in [0.25, 0.3) is 0 Å². The summed E-state index contributed by atoms with van der Waals surface area (Å²) in [5, 5.41) is 4.76. The van der Waals surface area contributed by atoms with Crippen molar-refractivity contribution in [2.45, 2.75) is 0 Å². The molecule has 0 saturated carbocycles. The minimum atomic E-state index is 0.876. The fourth-order valence-electron chi connectivity index (χ4n) is 8.38. The molecular weight excluding hydrogens is 681 g/mol. The van der Waals surface area contributed by atoms with E-state index in [0.717, 1.165) is 78.5 Å². The van der Waals surface area contributed by atoms with Crippen LogP contribution in [0.2, 0.25) is 0 Å². The molecule has 0 aliphatic rings. The maximum absolute atomic E-state index is 5.42. The topological polar surface area (TPSA) is 35.6 Å². The Labute approximate surface area is 324 Å². The van der Waals surface area contributed by atoms with E-state index < -0.39 is 0 Å². The van der Waals surface area contributed by atoms with Crippen molar-refractivity contribution in [1.82, 2.24) is 19.1 Å². The van der Waals surface area contributed by atoms with Crippen LogP contribution < -0.4 is 0 Å². The van der Waals surface area contributed by atoms with Gasteiger partial charge < -0.3 is 0 Å². The van der Waals surface area contributed by atoms with Gasteiger partial charge in [0.2, 0.25) is 0 Å². The second kappa shape index (κ2) is 13.1. The van der Waals surface area contributed by atoms with Crippen LogP contribution in [0.4, 0.5) is 0 Å². The van der Waals surface area contributed by atoms with Crippen molar-refractivity contribution in [2.75, 3.05) is 0 Å². The Hall–Kier alpha value is -7.56. The summed E-state index contributed by atoms with van der Waals surface area (Å²) < 4.78 is 4.68. The third-order valence-electron chi connectivity index (χ3n) is 10.9. The minimum Gasteiger partial charge on any atom is -0.294 e. The molecule has 0 spiro atoms. The number of para-hydroxylation sites is 3. The molecule has 0 amide bonds. The predicted octanol–water partition coefficient (Wildman–Crippen LogP) is 13.3. The fourth-order valence-corrected chi connectivity index (χ4v) is 8.38. The molecule has 4 aromatic heterocycles. The van der Waals surface area contributed by atoms with Crippen LogP contribution in [0.15, 0.2) is 206 Å². The van der Waals surface area contributed by atoms with Gasteiger partial charge in [0.05, 0.1) is 33.5 Å². The van der Waals surface area contributed by atoms with E-state index in [2.05, 4.69) is 209 Å². The molecule has 262 valence electrons. The van der Waals surface area contributed by atoms with Crippen molar-refractivity contribution < 1.29 is 0 Å². The molecule has 0 N–H and O–H groups in total. The van der Waals surface area contributed by atoms with Gasteiger partial charge >= 0.3 is 0 Å². The smallest absolute Gasteiger partial charge is 0.138 e. The highest BCUT2D eigenvalue weighted by Gasteiger charge is 2.20. The van der Waals surface area contributed by atoms with Gasteiger partial charge in [0.1, 0.15) is 11.6 Å². The predicted molar refractivity (Wildman–Crippen MR) is 232 cm³/mol. The third kappa shape index (κ3) is 5.23. The van der Waals surface area contributed by atoms with Gasteiger partial charge in [0, 0.05) is 38.2 Å². The molecule has 0 fully saturated rings. The summed E-state index contributed by atoms with van der Waals surface area (Å²) in [7, 11) is 0. The Bertz CT molecular complexity index is 3170. The van der Waals surface area contributed by atoms with Gasteiger partial charge in [-0.1, -0.05) is 164 Å². The van der Waals surface area contributed by atoms with Crippen LogP contribution in [0, 0.1) is 0 Å². The monoisotopic (exact) mass is 714 g/mol. The number of benzene rings is 7. The largest absolute Gasteiger partial charge is 0.294 e. The van der Waals surface area contributed by atoms with Crippen LogP contribution >= 0.6 is 0 Å². The molecule has 0 bridgehead atoms. The quantitative estimate of drug-likeness (QED) is 0.172. The molecule has 0 unspecified atom stereocenters. The first-order valence-electron chi connectivity index (χ1n) is 19.0. The summed E-state index contributed by atoms with van der Waals surface area (Å²) >= 11 is 0. The first-order valence-corrected chi connectivity index (χ1v) is 19.0. The Kier molecular flexibility index (Phi) is 7.46. The highest BCUT2D eigenvalue weighted by Crippen LogP contribution is 2.41. The molecule has 4 nitrogen and oxygen atoms in total. The summed E-state index contributed by atoms with van der Waals surface area (Å²) in [6.45, 7) is 0. The lowest BCUT2D eigenvalue weighted by Crippen LogP contribution is -2.01. The fraction of sp³-hybridized carbons (Fsp3) is 0. The molecule has 0 aliphatic heterocycles. The van der Waals surface area contributed by atoms with Crippen molar-refractivity contribution in [1.29, 1.82) is 0 Å². The second-order valence-corrected chi connectivity index (χ2v) is 14.2. The van der Waals surface area contributed by atoms with Gasteiger partial charge in [-0.2, -0.15) is 0 Å². The Morgan fingerprint density at radius 1 is 0.286 bits per heavy atom. The Balaban J connectivity index is 1.18. The van der Waals surface area contributed by atoms with Crippen LogP contribution in [-0.4, -0.2) is 19.1 Å². The maximum Gasteiger partial charge on any atom is 0.138 e. The van der Waals surface area contributed by atoms with Gasteiger partial charge in [0.15, 0.2) is 0 Å². The molecule has 11 rings (SSSR count). The molecule has 0 atom stereocenters. The van der Waals surface area contributed by atoms with Gasteiger partial charge in [-0.3, -0.25) is 9.13 Å². The SMILES string of the molecule is c1ccc(-c2cc(-c3ccccc3)nc(-n3c4ccccc4c4cccc(-c5ccc6c7ccccc7n(-c7cccc(-c8ccccc8)n7)c6c5)c43)c2)cc1. The molecule has 0 saturated heterocycles. The summed E-state index contributed by atoms with van der Waals surface area (Å²) in [6, 6.07) is 73.1. The highest BCUT2D eigenvalue weighted by molar-refractivity contribution is 6.15. The third-order valence-corrected chi connectivity index (χ3v) is 10.9. The van der Waals surface area contributed by atoms with Crippen molar-refractivity contribution in [3.63, 3.8) is 0 Å². The lowest BCUT2D eigenvalue weighted by Gasteiger charge is -2.15. The van der Waals surface area contributed by atoms with E-state index in [1.807, 2.05) is 6.07 Å². The van der Waals surface area contributed by atoms with E-state index in [9.17, 15) is 0 Å². The normalized spacial score (nSPS) is 11.6. The van der Waals surface area contributed by atoms with E-state index in [1.54, 1.807) is 0 Å². The first kappa shape index (κ1) is 31.9. The van der Waals surface area contributed by atoms with Crippen LogP contribution in [-0.2, 0) is 0 Å². The summed E-state index contributed by atoms with van der Waals surface area (Å²) in [5.74, 6) is 1.76. The van der Waals surface area contributed by atoms with E-state index in [1.165, 1.54) is 21.5 Å². The molecule has 4 heterocycles. The number of nitrogens with zero attached hydrogens (tertiary/aromatic N) is 4. The number of fused-ring (bicyclic) bond motifs is 6. The zero-order valence-corrected chi connectivity index (χ0v) is 30.4. The minimum absolute atomic E-state index is 0.876. The lowest BCUT2D eigenvalue weighted by molar-refractivity contribution is 1.08. The van der Waals surface area contributed by atoms with Crippen molar-refractivity contribution in [2.24, 2.45) is 0 Å². The van der Waals surface area contributed by atoms with Crippen LogP contribution in [0.5, 0.6) is 0 Å². The summed E-state index contributed by atoms with van der Waals surface area (Å²) in [4.78, 5) is 10.7. The molecular formula is C52H34N4. The molecule has 7 aromatic carbocycles. The standard InChI is InChI=1S/C52H34N4/c1-4-16-35(17-5-1)39-32-46(37-20-8-3-9-21-37)54-51(34-39)56-48-28-13-11-23-42(48)44-25-14-24-40(52(44)56)38-30-31-43-41-22-10-12-27-47(41)55(49(43)33-38)50-29-15-26-45(53-50)36-18-6-2-7-19-36/h1-34H. The molecule has 4 heteroatoms. The molecule has 0 aliphatic carbocycles. The first-order chi connectivity index (χ1) is 27.8. The Morgan fingerprint density at radius 3 is 1.57 bits per heavy atom. The lowest BCUT2D eigenvalue weighted by atomic mass is 10.00. The number of rotatable bonds is 6. The van der Waals surface area contributed by atoms with E-state index >= 15 is 0 Å².